The van der Waals surface area contributed by atoms with Crippen molar-refractivity contribution < 1.29 is 0 Å². The van der Waals surface area contributed by atoms with Gasteiger partial charge in [0.05, 0.1) is 0 Å². The third kappa shape index (κ3) is 2.45. The van der Waals surface area contributed by atoms with Crippen molar-refractivity contribution in [1.82, 2.24) is 5.32 Å². The molecule has 1 saturated heterocycles. The lowest BCUT2D eigenvalue weighted by atomic mass is 9.85. The number of hydrogen-bond acceptors (Lipinski definition) is 2. The van der Waals surface area contributed by atoms with Crippen LogP contribution in [0.4, 0.5) is 0 Å². The number of benzene rings is 1. The van der Waals surface area contributed by atoms with Crippen LogP contribution in [0.15, 0.2) is 18.2 Å². The van der Waals surface area contributed by atoms with Gasteiger partial charge in [0.15, 0.2) is 0 Å². The Balaban J connectivity index is 1.83. The van der Waals surface area contributed by atoms with Gasteiger partial charge in [0, 0.05) is 13.1 Å². The van der Waals surface area contributed by atoms with E-state index in [4.69, 9.17) is 5.73 Å². The van der Waals surface area contributed by atoms with Crippen molar-refractivity contribution in [2.75, 3.05) is 13.1 Å². The normalized spacial score (nSPS) is 28.3. The van der Waals surface area contributed by atoms with Gasteiger partial charge in [0.25, 0.3) is 0 Å². The van der Waals surface area contributed by atoms with E-state index in [0.29, 0.717) is 12.5 Å². The second-order valence-corrected chi connectivity index (χ2v) is 6.13. The molecule has 98 valence electrons. The van der Waals surface area contributed by atoms with Crippen molar-refractivity contribution >= 4 is 0 Å². The van der Waals surface area contributed by atoms with Gasteiger partial charge >= 0.3 is 0 Å². The molecule has 2 aliphatic rings. The summed E-state index contributed by atoms with van der Waals surface area (Å²) in [6.45, 7) is 5.31. The van der Waals surface area contributed by atoms with Gasteiger partial charge in [-0.3, -0.25) is 0 Å². The minimum atomic E-state index is 0.673. The van der Waals surface area contributed by atoms with Crippen LogP contribution in [0.2, 0.25) is 0 Å². The van der Waals surface area contributed by atoms with Gasteiger partial charge in [-0.25, -0.2) is 0 Å². The molecule has 2 unspecified atom stereocenters. The highest BCUT2D eigenvalue weighted by Crippen LogP contribution is 2.42. The molecule has 2 heteroatoms. The largest absolute Gasteiger partial charge is 0.326 e. The van der Waals surface area contributed by atoms with Crippen LogP contribution < -0.4 is 11.1 Å². The van der Waals surface area contributed by atoms with Gasteiger partial charge in [0.1, 0.15) is 0 Å². The summed E-state index contributed by atoms with van der Waals surface area (Å²) in [7, 11) is 0. The standard InChI is InChI=1S/C16H24N2/c1-11-6-15(10-18-9-11)13-4-5-16(12-2-3-12)14(7-13)8-17/h4-5,7,11-12,15,18H,2-3,6,8-10,17H2,1H3. The van der Waals surface area contributed by atoms with Crippen LogP contribution in [0.1, 0.15) is 54.7 Å². The molecule has 0 amide bonds. The quantitative estimate of drug-likeness (QED) is 0.858. The Bertz CT molecular complexity index is 423. The summed E-state index contributed by atoms with van der Waals surface area (Å²) >= 11 is 0. The van der Waals surface area contributed by atoms with Crippen LogP contribution in [-0.2, 0) is 6.54 Å². The van der Waals surface area contributed by atoms with Gasteiger partial charge in [-0.15, -0.1) is 0 Å². The van der Waals surface area contributed by atoms with Crippen LogP contribution in [0.5, 0.6) is 0 Å². The van der Waals surface area contributed by atoms with Gasteiger partial charge in [-0.05, 0) is 60.3 Å². The van der Waals surface area contributed by atoms with E-state index in [1.54, 1.807) is 0 Å². The summed E-state index contributed by atoms with van der Waals surface area (Å²) in [6.07, 6.45) is 4.02. The maximum absolute atomic E-state index is 5.93. The Morgan fingerprint density at radius 3 is 2.72 bits per heavy atom. The number of rotatable bonds is 3. The highest BCUT2D eigenvalue weighted by atomic mass is 14.9. The fourth-order valence-electron chi connectivity index (χ4n) is 3.26. The first-order valence-corrected chi connectivity index (χ1v) is 7.31. The average molecular weight is 244 g/mol. The molecule has 2 fully saturated rings. The van der Waals surface area contributed by atoms with Crippen LogP contribution in [0.3, 0.4) is 0 Å². The van der Waals surface area contributed by atoms with E-state index in [-0.39, 0.29) is 0 Å². The molecule has 0 spiro atoms. The predicted molar refractivity (Wildman–Crippen MR) is 75.7 cm³/mol. The zero-order valence-corrected chi connectivity index (χ0v) is 11.3. The highest BCUT2D eigenvalue weighted by Gasteiger charge is 2.27. The Hall–Kier alpha value is -0.860. The molecule has 1 aliphatic carbocycles. The summed E-state index contributed by atoms with van der Waals surface area (Å²) in [6, 6.07) is 7.06. The number of hydrogen-bond donors (Lipinski definition) is 2. The van der Waals surface area contributed by atoms with E-state index >= 15 is 0 Å². The number of nitrogens with one attached hydrogen (secondary N) is 1. The zero-order valence-electron chi connectivity index (χ0n) is 11.3. The fourth-order valence-corrected chi connectivity index (χ4v) is 3.26. The van der Waals surface area contributed by atoms with Crippen LogP contribution >= 0.6 is 0 Å². The Labute approximate surface area is 110 Å². The van der Waals surface area contributed by atoms with Crippen molar-refractivity contribution in [2.24, 2.45) is 11.7 Å². The molecule has 1 aliphatic heterocycles. The number of piperidine rings is 1. The molecule has 1 heterocycles. The summed E-state index contributed by atoms with van der Waals surface area (Å²) in [5.74, 6) is 2.27. The molecular weight excluding hydrogens is 220 g/mol. The van der Waals surface area contributed by atoms with E-state index in [2.05, 4.69) is 30.4 Å². The maximum atomic E-state index is 5.93. The molecule has 1 aromatic rings. The molecule has 2 nitrogen and oxygen atoms in total. The topological polar surface area (TPSA) is 38.0 Å². The average Bonchev–Trinajstić information content (AvgIpc) is 3.22. The van der Waals surface area contributed by atoms with E-state index in [9.17, 15) is 0 Å². The third-order valence-electron chi connectivity index (χ3n) is 4.45. The first-order valence-electron chi connectivity index (χ1n) is 7.31. The fraction of sp³-hybridized carbons (Fsp3) is 0.625. The lowest BCUT2D eigenvalue weighted by molar-refractivity contribution is 0.364. The molecule has 3 rings (SSSR count). The van der Waals surface area contributed by atoms with Crippen molar-refractivity contribution in [2.45, 2.75) is 44.6 Å². The van der Waals surface area contributed by atoms with Crippen LogP contribution in [0, 0.1) is 5.92 Å². The molecule has 1 saturated carbocycles. The smallest absolute Gasteiger partial charge is 0.0181 e. The van der Waals surface area contributed by atoms with Gasteiger partial charge in [-0.1, -0.05) is 25.1 Å². The molecular formula is C16H24N2. The minimum absolute atomic E-state index is 0.673. The molecule has 1 aromatic carbocycles. The van der Waals surface area contributed by atoms with E-state index in [1.807, 2.05) is 0 Å². The number of nitrogens with two attached hydrogens (primary N) is 1. The first kappa shape index (κ1) is 12.2. The Morgan fingerprint density at radius 1 is 1.22 bits per heavy atom. The molecule has 0 radical (unpaired) electrons. The highest BCUT2D eigenvalue weighted by molar-refractivity contribution is 5.38. The van der Waals surface area contributed by atoms with Crippen molar-refractivity contribution in [3.8, 4) is 0 Å². The van der Waals surface area contributed by atoms with Crippen molar-refractivity contribution in [1.29, 1.82) is 0 Å². The van der Waals surface area contributed by atoms with Gasteiger partial charge < -0.3 is 11.1 Å². The molecule has 0 bridgehead atoms. The van der Waals surface area contributed by atoms with E-state index < -0.39 is 0 Å². The minimum Gasteiger partial charge on any atom is -0.326 e. The van der Waals surface area contributed by atoms with Gasteiger partial charge in [-0.2, -0.15) is 0 Å². The molecule has 3 N–H and O–H groups in total. The van der Waals surface area contributed by atoms with Crippen molar-refractivity contribution in [3.05, 3.63) is 34.9 Å². The molecule has 2 atom stereocenters. The van der Waals surface area contributed by atoms with E-state index in [1.165, 1.54) is 42.5 Å². The Morgan fingerprint density at radius 2 is 2.06 bits per heavy atom. The Kier molecular flexibility index (Phi) is 3.40. The summed E-state index contributed by atoms with van der Waals surface area (Å²) in [4.78, 5) is 0. The predicted octanol–water partition coefficient (Wildman–Crippen LogP) is 2.74. The second-order valence-electron chi connectivity index (χ2n) is 6.13. The molecule has 0 aromatic heterocycles. The maximum Gasteiger partial charge on any atom is 0.0181 e. The first-order chi connectivity index (χ1) is 8.78. The summed E-state index contributed by atoms with van der Waals surface area (Å²) in [5.41, 5.74) is 10.3. The lowest BCUT2D eigenvalue weighted by Crippen LogP contribution is -2.33. The van der Waals surface area contributed by atoms with E-state index in [0.717, 1.165) is 18.4 Å². The van der Waals surface area contributed by atoms with Gasteiger partial charge in [0.2, 0.25) is 0 Å². The molecule has 18 heavy (non-hydrogen) atoms. The second kappa shape index (κ2) is 5.02. The van der Waals surface area contributed by atoms with Crippen LogP contribution in [0.25, 0.3) is 0 Å². The van der Waals surface area contributed by atoms with Crippen LogP contribution in [-0.4, -0.2) is 13.1 Å². The summed E-state index contributed by atoms with van der Waals surface area (Å²) < 4.78 is 0. The summed E-state index contributed by atoms with van der Waals surface area (Å²) in [5, 5.41) is 3.54. The zero-order chi connectivity index (χ0) is 12.5. The third-order valence-corrected chi connectivity index (χ3v) is 4.45. The monoisotopic (exact) mass is 244 g/mol. The SMILES string of the molecule is CC1CNCC(c2ccc(C3CC3)c(CN)c2)C1. The lowest BCUT2D eigenvalue weighted by Gasteiger charge is -2.28. The van der Waals surface area contributed by atoms with Crippen molar-refractivity contribution in [3.63, 3.8) is 0 Å².